The molecule has 20 heavy (non-hydrogen) atoms. The van der Waals surface area contributed by atoms with Crippen LogP contribution in [0.3, 0.4) is 0 Å². The van der Waals surface area contributed by atoms with Crippen molar-refractivity contribution < 1.29 is 8.42 Å². The quantitative estimate of drug-likeness (QED) is 0.730. The van der Waals surface area contributed by atoms with Crippen LogP contribution >= 0.6 is 0 Å². The zero-order valence-electron chi connectivity index (χ0n) is 11.3. The third-order valence-corrected chi connectivity index (χ3v) is 4.59. The number of benzene rings is 1. The Balaban J connectivity index is 2.06. The summed E-state index contributed by atoms with van der Waals surface area (Å²) in [5.74, 6) is 0.753. The van der Waals surface area contributed by atoms with Gasteiger partial charge in [-0.15, -0.1) is 0 Å². The van der Waals surface area contributed by atoms with Crippen molar-refractivity contribution in [3.8, 4) is 0 Å². The van der Waals surface area contributed by atoms with Gasteiger partial charge in [0.1, 0.15) is 5.82 Å². The lowest BCUT2D eigenvalue weighted by Gasteiger charge is -2.10. The van der Waals surface area contributed by atoms with Crippen LogP contribution in [0.2, 0.25) is 0 Å². The first-order valence-corrected chi connectivity index (χ1v) is 7.79. The molecule has 6 nitrogen and oxygen atoms in total. The van der Waals surface area contributed by atoms with Gasteiger partial charge >= 0.3 is 0 Å². The second-order valence-electron chi connectivity index (χ2n) is 4.49. The summed E-state index contributed by atoms with van der Waals surface area (Å²) in [7, 11) is -3.50. The van der Waals surface area contributed by atoms with Gasteiger partial charge in [-0.1, -0.05) is 12.1 Å². The summed E-state index contributed by atoms with van der Waals surface area (Å²) in [6.45, 7) is 2.46. The number of aromatic nitrogens is 2. The topological polar surface area (TPSA) is 101 Å². The molecule has 0 atom stereocenters. The molecule has 2 rings (SSSR count). The van der Waals surface area contributed by atoms with Crippen molar-refractivity contribution in [2.24, 2.45) is 5.73 Å². The van der Waals surface area contributed by atoms with Crippen molar-refractivity contribution in [1.82, 2.24) is 14.7 Å². The number of nitrogens with two attached hydrogens (primary N) is 1. The minimum Gasteiger partial charge on any atom is -0.349 e. The predicted molar refractivity (Wildman–Crippen MR) is 76.6 cm³/mol. The van der Waals surface area contributed by atoms with E-state index in [1.807, 2.05) is 0 Å². The number of nitrogens with one attached hydrogen (secondary N) is 2. The van der Waals surface area contributed by atoms with Crippen LogP contribution in [0.15, 0.2) is 35.5 Å². The fourth-order valence-corrected chi connectivity index (χ4v) is 3.21. The average Bonchev–Trinajstić information content (AvgIpc) is 2.91. The molecule has 7 heteroatoms. The van der Waals surface area contributed by atoms with Gasteiger partial charge in [0.25, 0.3) is 0 Å². The molecule has 0 saturated carbocycles. The molecule has 1 aromatic heterocycles. The molecule has 0 amide bonds. The molecule has 0 radical (unpaired) electrons. The normalized spacial score (nSPS) is 11.7. The number of aryl methyl sites for hydroxylation is 1. The Morgan fingerprint density at radius 2 is 2.20 bits per heavy atom. The molecule has 1 heterocycles. The molecule has 0 aliphatic heterocycles. The molecular weight excluding hydrogens is 276 g/mol. The molecule has 0 aliphatic carbocycles. The highest BCUT2D eigenvalue weighted by Crippen LogP contribution is 2.16. The van der Waals surface area contributed by atoms with E-state index in [-0.39, 0.29) is 4.90 Å². The van der Waals surface area contributed by atoms with Crippen LogP contribution in [0.5, 0.6) is 0 Å². The first-order chi connectivity index (χ1) is 9.53. The number of sulfonamides is 1. The smallest absolute Gasteiger partial charge is 0.240 e. The Morgan fingerprint density at radius 1 is 1.40 bits per heavy atom. The summed E-state index contributed by atoms with van der Waals surface area (Å²) in [6, 6.07) is 5.11. The predicted octanol–water partition coefficient (Wildman–Crippen LogP) is 0.698. The number of rotatable bonds is 6. The maximum Gasteiger partial charge on any atom is 0.240 e. The Bertz CT molecular complexity index is 666. The second kappa shape index (κ2) is 6.17. The number of imidazole rings is 1. The molecule has 4 N–H and O–H groups in total. The van der Waals surface area contributed by atoms with E-state index in [0.717, 1.165) is 11.4 Å². The third-order valence-electron chi connectivity index (χ3n) is 2.97. The number of aromatic amines is 1. The third kappa shape index (κ3) is 3.44. The first-order valence-electron chi connectivity index (χ1n) is 6.30. The summed E-state index contributed by atoms with van der Waals surface area (Å²) < 4.78 is 27.0. The number of hydrogen-bond acceptors (Lipinski definition) is 4. The average molecular weight is 294 g/mol. The lowest BCUT2D eigenvalue weighted by atomic mass is 10.1. The van der Waals surface area contributed by atoms with E-state index in [1.165, 1.54) is 0 Å². The van der Waals surface area contributed by atoms with Gasteiger partial charge in [0.05, 0.1) is 4.90 Å². The minimum atomic E-state index is -3.50. The first kappa shape index (κ1) is 14.7. The molecule has 0 saturated heterocycles. The summed E-state index contributed by atoms with van der Waals surface area (Å²) in [4.78, 5) is 7.26. The van der Waals surface area contributed by atoms with Crippen LogP contribution in [-0.4, -0.2) is 24.9 Å². The standard InChI is InChI=1S/C13H18N4O2S/c1-10-8-11(9-14)2-3-12(10)20(18,19)17-5-4-13-15-6-7-16-13/h2-3,6-8,17H,4-5,9,14H2,1H3,(H,15,16). The Labute approximate surface area is 118 Å². The summed E-state index contributed by atoms with van der Waals surface area (Å²) in [6.07, 6.45) is 3.87. The zero-order valence-corrected chi connectivity index (χ0v) is 12.1. The van der Waals surface area contributed by atoms with Gasteiger partial charge in [-0.3, -0.25) is 0 Å². The van der Waals surface area contributed by atoms with Gasteiger partial charge in [0.15, 0.2) is 0 Å². The van der Waals surface area contributed by atoms with E-state index in [1.54, 1.807) is 37.5 Å². The van der Waals surface area contributed by atoms with Gasteiger partial charge in [-0.25, -0.2) is 18.1 Å². The fraction of sp³-hybridized carbons (Fsp3) is 0.308. The Hall–Kier alpha value is -1.70. The number of hydrogen-bond donors (Lipinski definition) is 3. The summed E-state index contributed by atoms with van der Waals surface area (Å²) in [5, 5.41) is 0. The van der Waals surface area contributed by atoms with E-state index in [0.29, 0.717) is 25.1 Å². The molecule has 0 aliphatic rings. The lowest BCUT2D eigenvalue weighted by molar-refractivity contribution is 0.580. The van der Waals surface area contributed by atoms with Crippen molar-refractivity contribution in [2.75, 3.05) is 6.54 Å². The molecule has 108 valence electrons. The van der Waals surface area contributed by atoms with Crippen LogP contribution in [0.25, 0.3) is 0 Å². The van der Waals surface area contributed by atoms with Crippen LogP contribution in [0.4, 0.5) is 0 Å². The van der Waals surface area contributed by atoms with Gasteiger partial charge in [0, 0.05) is 31.9 Å². The highest BCUT2D eigenvalue weighted by Gasteiger charge is 2.16. The van der Waals surface area contributed by atoms with Gasteiger partial charge in [0.2, 0.25) is 10.0 Å². The molecule has 0 bridgehead atoms. The highest BCUT2D eigenvalue weighted by molar-refractivity contribution is 7.89. The molecule has 2 aromatic rings. The molecule has 0 spiro atoms. The van der Waals surface area contributed by atoms with E-state index >= 15 is 0 Å². The van der Waals surface area contributed by atoms with Crippen molar-refractivity contribution in [2.45, 2.75) is 24.8 Å². The van der Waals surface area contributed by atoms with Crippen LogP contribution in [-0.2, 0) is 23.0 Å². The van der Waals surface area contributed by atoms with Gasteiger partial charge in [-0.05, 0) is 24.1 Å². The number of nitrogens with zero attached hydrogens (tertiary/aromatic N) is 1. The SMILES string of the molecule is Cc1cc(CN)ccc1S(=O)(=O)NCCc1ncc[nH]1. The van der Waals surface area contributed by atoms with E-state index in [9.17, 15) is 8.42 Å². The van der Waals surface area contributed by atoms with Crippen molar-refractivity contribution in [3.05, 3.63) is 47.5 Å². The largest absolute Gasteiger partial charge is 0.349 e. The number of H-pyrrole nitrogens is 1. The zero-order chi connectivity index (χ0) is 14.6. The Morgan fingerprint density at radius 3 is 2.80 bits per heavy atom. The lowest BCUT2D eigenvalue weighted by Crippen LogP contribution is -2.27. The summed E-state index contributed by atoms with van der Waals surface area (Å²) in [5.41, 5.74) is 7.14. The van der Waals surface area contributed by atoms with Crippen LogP contribution in [0.1, 0.15) is 17.0 Å². The van der Waals surface area contributed by atoms with Crippen molar-refractivity contribution in [3.63, 3.8) is 0 Å². The van der Waals surface area contributed by atoms with Crippen molar-refractivity contribution in [1.29, 1.82) is 0 Å². The van der Waals surface area contributed by atoms with Gasteiger partial charge in [-0.2, -0.15) is 0 Å². The highest BCUT2D eigenvalue weighted by atomic mass is 32.2. The molecule has 0 unspecified atom stereocenters. The van der Waals surface area contributed by atoms with Crippen molar-refractivity contribution >= 4 is 10.0 Å². The second-order valence-corrected chi connectivity index (χ2v) is 6.22. The van der Waals surface area contributed by atoms with E-state index in [2.05, 4.69) is 14.7 Å². The van der Waals surface area contributed by atoms with Crippen LogP contribution in [0, 0.1) is 6.92 Å². The maximum absolute atomic E-state index is 12.2. The van der Waals surface area contributed by atoms with E-state index < -0.39 is 10.0 Å². The molecular formula is C13H18N4O2S. The fourth-order valence-electron chi connectivity index (χ4n) is 1.96. The monoisotopic (exact) mass is 294 g/mol. The van der Waals surface area contributed by atoms with Gasteiger partial charge < -0.3 is 10.7 Å². The maximum atomic E-state index is 12.2. The molecule has 0 fully saturated rings. The van der Waals surface area contributed by atoms with Crippen LogP contribution < -0.4 is 10.5 Å². The Kier molecular flexibility index (Phi) is 4.53. The summed E-state index contributed by atoms with van der Waals surface area (Å²) >= 11 is 0. The van der Waals surface area contributed by atoms with E-state index in [4.69, 9.17) is 5.73 Å². The molecule has 1 aromatic carbocycles. The minimum absolute atomic E-state index is 0.286.